The molecule has 0 atom stereocenters. The SMILES string of the molecule is COCc1cc(C(=O)Nc2cc(Cl)ccc2Oc2ccccc2)ccc1OC. The van der Waals surface area contributed by atoms with Crippen LogP contribution in [-0.4, -0.2) is 20.1 Å². The van der Waals surface area contributed by atoms with Crippen LogP contribution < -0.4 is 14.8 Å². The molecule has 0 saturated heterocycles. The maximum Gasteiger partial charge on any atom is 0.255 e. The van der Waals surface area contributed by atoms with E-state index in [1.165, 1.54) is 0 Å². The summed E-state index contributed by atoms with van der Waals surface area (Å²) in [6, 6.07) is 19.6. The van der Waals surface area contributed by atoms with E-state index in [1.807, 2.05) is 30.3 Å². The van der Waals surface area contributed by atoms with E-state index in [-0.39, 0.29) is 5.91 Å². The summed E-state index contributed by atoms with van der Waals surface area (Å²) in [5.41, 5.74) is 1.73. The number of methoxy groups -OCH3 is 2. The van der Waals surface area contributed by atoms with Gasteiger partial charge in [0.05, 0.1) is 19.4 Å². The number of rotatable bonds is 7. The Morgan fingerprint density at radius 2 is 1.71 bits per heavy atom. The summed E-state index contributed by atoms with van der Waals surface area (Å²) in [7, 11) is 3.17. The fraction of sp³-hybridized carbons (Fsp3) is 0.136. The lowest BCUT2D eigenvalue weighted by Gasteiger charge is -2.14. The second-order valence-corrected chi connectivity index (χ2v) is 6.41. The Morgan fingerprint density at radius 3 is 2.43 bits per heavy atom. The van der Waals surface area contributed by atoms with E-state index in [4.69, 9.17) is 25.8 Å². The van der Waals surface area contributed by atoms with E-state index in [0.717, 1.165) is 5.56 Å². The van der Waals surface area contributed by atoms with Gasteiger partial charge in [0.15, 0.2) is 5.75 Å². The van der Waals surface area contributed by atoms with Crippen LogP contribution in [0.25, 0.3) is 0 Å². The maximum absolute atomic E-state index is 12.8. The third kappa shape index (κ3) is 4.82. The lowest BCUT2D eigenvalue weighted by atomic mass is 10.1. The number of carbonyl (C=O) groups excluding carboxylic acids is 1. The highest BCUT2D eigenvalue weighted by Gasteiger charge is 2.14. The molecule has 3 rings (SSSR count). The number of amides is 1. The highest BCUT2D eigenvalue weighted by molar-refractivity contribution is 6.31. The Kier molecular flexibility index (Phi) is 6.53. The molecule has 3 aromatic carbocycles. The number of hydrogen-bond donors (Lipinski definition) is 1. The predicted octanol–water partition coefficient (Wildman–Crippen LogP) is 5.54. The first-order valence-corrected chi connectivity index (χ1v) is 8.98. The van der Waals surface area contributed by atoms with Crippen LogP contribution in [0.4, 0.5) is 5.69 Å². The molecule has 0 radical (unpaired) electrons. The lowest BCUT2D eigenvalue weighted by molar-refractivity contribution is 0.102. The minimum Gasteiger partial charge on any atom is -0.496 e. The van der Waals surface area contributed by atoms with Gasteiger partial charge in [-0.25, -0.2) is 0 Å². The van der Waals surface area contributed by atoms with Crippen molar-refractivity contribution in [2.45, 2.75) is 6.61 Å². The van der Waals surface area contributed by atoms with Crippen LogP contribution >= 0.6 is 11.6 Å². The minimum atomic E-state index is -0.291. The van der Waals surface area contributed by atoms with E-state index < -0.39 is 0 Å². The molecule has 5 nitrogen and oxygen atoms in total. The molecule has 0 aliphatic carbocycles. The highest BCUT2D eigenvalue weighted by Crippen LogP contribution is 2.32. The molecule has 0 aliphatic heterocycles. The molecular weight excluding hydrogens is 378 g/mol. The van der Waals surface area contributed by atoms with Crippen molar-refractivity contribution in [3.63, 3.8) is 0 Å². The van der Waals surface area contributed by atoms with Crippen LogP contribution in [0.3, 0.4) is 0 Å². The molecule has 0 aliphatic rings. The van der Waals surface area contributed by atoms with Crippen LogP contribution in [0.2, 0.25) is 5.02 Å². The lowest BCUT2D eigenvalue weighted by Crippen LogP contribution is -2.13. The van der Waals surface area contributed by atoms with E-state index in [9.17, 15) is 4.79 Å². The fourth-order valence-electron chi connectivity index (χ4n) is 2.69. The summed E-state index contributed by atoms with van der Waals surface area (Å²) >= 11 is 6.12. The number of hydrogen-bond acceptors (Lipinski definition) is 4. The van der Waals surface area contributed by atoms with E-state index in [2.05, 4.69) is 5.32 Å². The Labute approximate surface area is 168 Å². The summed E-state index contributed by atoms with van der Waals surface area (Å²) in [6.45, 7) is 0.337. The third-order valence-electron chi connectivity index (χ3n) is 4.00. The van der Waals surface area contributed by atoms with Crippen molar-refractivity contribution in [2.24, 2.45) is 0 Å². The van der Waals surface area contributed by atoms with Crippen molar-refractivity contribution in [1.82, 2.24) is 0 Å². The molecule has 0 unspecified atom stereocenters. The zero-order valence-electron chi connectivity index (χ0n) is 15.6. The largest absolute Gasteiger partial charge is 0.496 e. The quantitative estimate of drug-likeness (QED) is 0.568. The van der Waals surface area contributed by atoms with Gasteiger partial charge in [-0.2, -0.15) is 0 Å². The Hall–Kier alpha value is -3.02. The summed E-state index contributed by atoms with van der Waals surface area (Å²) in [4.78, 5) is 12.8. The number of nitrogens with one attached hydrogen (secondary N) is 1. The second kappa shape index (κ2) is 9.26. The fourth-order valence-corrected chi connectivity index (χ4v) is 2.86. The molecule has 0 heterocycles. The van der Waals surface area contributed by atoms with Crippen LogP contribution in [0, 0.1) is 0 Å². The van der Waals surface area contributed by atoms with Gasteiger partial charge in [0, 0.05) is 23.3 Å². The summed E-state index contributed by atoms with van der Waals surface area (Å²) in [5.74, 6) is 1.52. The predicted molar refractivity (Wildman–Crippen MR) is 110 cm³/mol. The Morgan fingerprint density at radius 1 is 0.964 bits per heavy atom. The van der Waals surface area contributed by atoms with Gasteiger partial charge >= 0.3 is 0 Å². The molecule has 3 aromatic rings. The molecule has 1 N–H and O–H groups in total. The average Bonchev–Trinajstić information content (AvgIpc) is 2.71. The molecule has 144 valence electrons. The van der Waals surface area contributed by atoms with Crippen LogP contribution in [0.1, 0.15) is 15.9 Å². The van der Waals surface area contributed by atoms with Gasteiger partial charge in [-0.15, -0.1) is 0 Å². The van der Waals surface area contributed by atoms with Gasteiger partial charge in [-0.1, -0.05) is 29.8 Å². The Balaban J connectivity index is 1.86. The summed E-state index contributed by atoms with van der Waals surface area (Å²) < 4.78 is 16.4. The topological polar surface area (TPSA) is 56.8 Å². The first kappa shape index (κ1) is 19.7. The van der Waals surface area contributed by atoms with Gasteiger partial charge in [-0.05, 0) is 48.5 Å². The molecule has 28 heavy (non-hydrogen) atoms. The normalized spacial score (nSPS) is 10.4. The van der Waals surface area contributed by atoms with Crippen LogP contribution in [0.15, 0.2) is 66.7 Å². The van der Waals surface area contributed by atoms with Crippen molar-refractivity contribution in [3.8, 4) is 17.2 Å². The number of benzene rings is 3. The average molecular weight is 398 g/mol. The van der Waals surface area contributed by atoms with Crippen molar-refractivity contribution in [3.05, 3.63) is 82.9 Å². The number of ether oxygens (including phenoxy) is 3. The summed E-state index contributed by atoms with van der Waals surface area (Å²) in [6.07, 6.45) is 0. The van der Waals surface area contributed by atoms with Gasteiger partial charge in [-0.3, -0.25) is 4.79 Å². The van der Waals surface area contributed by atoms with Crippen molar-refractivity contribution in [2.75, 3.05) is 19.5 Å². The van der Waals surface area contributed by atoms with Crippen molar-refractivity contribution >= 4 is 23.2 Å². The first-order chi connectivity index (χ1) is 13.6. The molecular formula is C22H20ClNO4. The zero-order valence-corrected chi connectivity index (χ0v) is 16.3. The Bertz CT molecular complexity index is 960. The van der Waals surface area contributed by atoms with E-state index >= 15 is 0 Å². The number of para-hydroxylation sites is 1. The number of anilines is 1. The van der Waals surface area contributed by atoms with Gasteiger partial charge in [0.2, 0.25) is 0 Å². The van der Waals surface area contributed by atoms with Crippen molar-refractivity contribution < 1.29 is 19.0 Å². The second-order valence-electron chi connectivity index (χ2n) is 5.97. The van der Waals surface area contributed by atoms with Gasteiger partial charge < -0.3 is 19.5 Å². The first-order valence-electron chi connectivity index (χ1n) is 8.60. The highest BCUT2D eigenvalue weighted by atomic mass is 35.5. The molecule has 6 heteroatoms. The van der Waals surface area contributed by atoms with Crippen molar-refractivity contribution in [1.29, 1.82) is 0 Å². The monoisotopic (exact) mass is 397 g/mol. The molecule has 0 spiro atoms. The summed E-state index contributed by atoms with van der Waals surface area (Å²) in [5, 5.41) is 3.36. The standard InChI is InChI=1S/C22H20ClNO4/c1-26-14-16-12-15(8-10-20(16)27-2)22(25)24-19-13-17(23)9-11-21(19)28-18-6-4-3-5-7-18/h3-13H,14H2,1-2H3,(H,24,25). The van der Waals surface area contributed by atoms with E-state index in [1.54, 1.807) is 50.6 Å². The van der Waals surface area contributed by atoms with E-state index in [0.29, 0.717) is 40.1 Å². The number of halogens is 1. The molecule has 0 aromatic heterocycles. The molecule has 1 amide bonds. The van der Waals surface area contributed by atoms with Crippen LogP contribution in [-0.2, 0) is 11.3 Å². The molecule has 0 bridgehead atoms. The number of carbonyl (C=O) groups is 1. The van der Waals surface area contributed by atoms with Gasteiger partial charge in [0.25, 0.3) is 5.91 Å². The molecule has 0 saturated carbocycles. The third-order valence-corrected chi connectivity index (χ3v) is 4.24. The zero-order chi connectivity index (χ0) is 19.9. The van der Waals surface area contributed by atoms with Gasteiger partial charge in [0.1, 0.15) is 11.5 Å². The maximum atomic E-state index is 12.8. The smallest absolute Gasteiger partial charge is 0.255 e. The minimum absolute atomic E-state index is 0.291. The van der Waals surface area contributed by atoms with Crippen LogP contribution in [0.5, 0.6) is 17.2 Å². The molecule has 0 fully saturated rings.